The fraction of sp³-hybridized carbons (Fsp3) is 0.636. The zero-order chi connectivity index (χ0) is 10.7. The third kappa shape index (κ3) is 2.48. The second kappa shape index (κ2) is 4.92. The molecule has 82 valence electrons. The van der Waals surface area contributed by atoms with Crippen molar-refractivity contribution in [2.45, 2.75) is 38.6 Å². The highest BCUT2D eigenvalue weighted by molar-refractivity contribution is 9.10. The van der Waals surface area contributed by atoms with Gasteiger partial charge in [-0.3, -0.25) is 0 Å². The van der Waals surface area contributed by atoms with Crippen LogP contribution < -0.4 is 4.90 Å². The Morgan fingerprint density at radius 1 is 1.47 bits per heavy atom. The molecule has 2 rings (SSSR count). The van der Waals surface area contributed by atoms with Gasteiger partial charge >= 0.3 is 0 Å². The lowest BCUT2D eigenvalue weighted by atomic mass is 10.0. The van der Waals surface area contributed by atoms with Crippen LogP contribution in [0, 0.1) is 0 Å². The van der Waals surface area contributed by atoms with Crippen LogP contribution in [0.3, 0.4) is 0 Å². The first kappa shape index (κ1) is 10.9. The van der Waals surface area contributed by atoms with Crippen molar-refractivity contribution >= 4 is 21.7 Å². The van der Waals surface area contributed by atoms with Gasteiger partial charge in [-0.25, -0.2) is 9.97 Å². The number of halogens is 1. The van der Waals surface area contributed by atoms with Gasteiger partial charge in [-0.05, 0) is 41.6 Å². The molecule has 0 bridgehead atoms. The summed E-state index contributed by atoms with van der Waals surface area (Å²) in [6.07, 6.45) is 6.74. The Morgan fingerprint density at radius 2 is 2.33 bits per heavy atom. The van der Waals surface area contributed by atoms with Gasteiger partial charge in [-0.2, -0.15) is 0 Å². The second-order valence-corrected chi connectivity index (χ2v) is 4.76. The largest absolute Gasteiger partial charge is 0.354 e. The molecule has 2 heterocycles. The Labute approximate surface area is 99.0 Å². The molecular weight excluding hydrogens is 254 g/mol. The van der Waals surface area contributed by atoms with Gasteiger partial charge in [0, 0.05) is 18.7 Å². The maximum atomic E-state index is 4.35. The van der Waals surface area contributed by atoms with Gasteiger partial charge in [0.1, 0.15) is 16.7 Å². The SMILES string of the molecule is CCC1CCCCN1c1cc(Br)ncn1. The summed E-state index contributed by atoms with van der Waals surface area (Å²) in [6.45, 7) is 3.38. The Balaban J connectivity index is 2.20. The van der Waals surface area contributed by atoms with Crippen molar-refractivity contribution < 1.29 is 0 Å². The van der Waals surface area contributed by atoms with Crippen molar-refractivity contribution in [2.24, 2.45) is 0 Å². The van der Waals surface area contributed by atoms with Crippen LogP contribution in [0.2, 0.25) is 0 Å². The second-order valence-electron chi connectivity index (χ2n) is 3.95. The number of hydrogen-bond acceptors (Lipinski definition) is 3. The molecule has 4 heteroatoms. The summed E-state index contributed by atoms with van der Waals surface area (Å²) in [6, 6.07) is 2.66. The van der Waals surface area contributed by atoms with Gasteiger partial charge in [-0.15, -0.1) is 0 Å². The van der Waals surface area contributed by atoms with Crippen molar-refractivity contribution in [3.8, 4) is 0 Å². The lowest BCUT2D eigenvalue weighted by Gasteiger charge is -2.36. The molecule has 1 unspecified atom stereocenters. The molecule has 1 aliphatic rings. The van der Waals surface area contributed by atoms with E-state index in [0.717, 1.165) is 17.0 Å². The third-order valence-electron chi connectivity index (χ3n) is 3.01. The molecule has 1 aromatic heterocycles. The van der Waals surface area contributed by atoms with Crippen LogP contribution in [-0.2, 0) is 0 Å². The third-order valence-corrected chi connectivity index (χ3v) is 3.45. The summed E-state index contributed by atoms with van der Waals surface area (Å²) in [7, 11) is 0. The highest BCUT2D eigenvalue weighted by Crippen LogP contribution is 2.25. The van der Waals surface area contributed by atoms with Crippen LogP contribution in [0.1, 0.15) is 32.6 Å². The molecular formula is C11H16BrN3. The Morgan fingerprint density at radius 3 is 3.07 bits per heavy atom. The maximum Gasteiger partial charge on any atom is 0.133 e. The number of anilines is 1. The smallest absolute Gasteiger partial charge is 0.133 e. The van der Waals surface area contributed by atoms with Gasteiger partial charge in [-0.1, -0.05) is 6.92 Å². The first-order valence-corrected chi connectivity index (χ1v) is 6.34. The van der Waals surface area contributed by atoms with Gasteiger partial charge in [0.15, 0.2) is 0 Å². The summed E-state index contributed by atoms with van der Waals surface area (Å²) in [5, 5.41) is 0. The minimum atomic E-state index is 0.653. The summed E-state index contributed by atoms with van der Waals surface area (Å²) in [5.41, 5.74) is 0. The zero-order valence-electron chi connectivity index (χ0n) is 8.99. The molecule has 1 aromatic rings. The Kier molecular flexibility index (Phi) is 3.57. The van der Waals surface area contributed by atoms with Crippen molar-refractivity contribution in [1.82, 2.24) is 9.97 Å². The number of piperidine rings is 1. The van der Waals surface area contributed by atoms with E-state index < -0.39 is 0 Å². The van der Waals surface area contributed by atoms with Crippen LogP contribution in [-0.4, -0.2) is 22.6 Å². The van der Waals surface area contributed by atoms with Gasteiger partial charge in [0.25, 0.3) is 0 Å². The first-order chi connectivity index (χ1) is 7.31. The molecule has 0 N–H and O–H groups in total. The van der Waals surface area contributed by atoms with Gasteiger partial charge in [0.05, 0.1) is 0 Å². The average molecular weight is 270 g/mol. The number of nitrogens with zero attached hydrogens (tertiary/aromatic N) is 3. The van der Waals surface area contributed by atoms with Crippen LogP contribution >= 0.6 is 15.9 Å². The van der Waals surface area contributed by atoms with E-state index in [2.05, 4.69) is 37.7 Å². The normalized spacial score (nSPS) is 21.7. The Hall–Kier alpha value is -0.640. The molecule has 0 saturated carbocycles. The number of aromatic nitrogens is 2. The zero-order valence-corrected chi connectivity index (χ0v) is 10.6. The standard InChI is InChI=1S/C11H16BrN3/c1-2-9-5-3-4-6-15(9)11-7-10(12)13-8-14-11/h7-9H,2-6H2,1H3. The monoisotopic (exact) mass is 269 g/mol. The summed E-state index contributed by atoms with van der Waals surface area (Å²) >= 11 is 3.39. The van der Waals surface area contributed by atoms with Crippen molar-refractivity contribution in [2.75, 3.05) is 11.4 Å². The molecule has 0 aliphatic carbocycles. The molecule has 0 amide bonds. The van der Waals surface area contributed by atoms with E-state index in [1.54, 1.807) is 6.33 Å². The van der Waals surface area contributed by atoms with Crippen LogP contribution in [0.15, 0.2) is 17.0 Å². The average Bonchev–Trinajstić information content (AvgIpc) is 2.29. The molecule has 3 nitrogen and oxygen atoms in total. The molecule has 15 heavy (non-hydrogen) atoms. The van der Waals surface area contributed by atoms with E-state index in [1.807, 2.05) is 6.07 Å². The Bertz CT molecular complexity index is 329. The quantitative estimate of drug-likeness (QED) is 0.773. The summed E-state index contributed by atoms with van der Waals surface area (Å²) in [5.74, 6) is 1.06. The van der Waals surface area contributed by atoms with Crippen LogP contribution in [0.5, 0.6) is 0 Å². The van der Waals surface area contributed by atoms with E-state index in [-0.39, 0.29) is 0 Å². The fourth-order valence-corrected chi connectivity index (χ4v) is 2.50. The van der Waals surface area contributed by atoms with Crippen molar-refractivity contribution in [3.63, 3.8) is 0 Å². The molecule has 0 spiro atoms. The van der Waals surface area contributed by atoms with E-state index in [1.165, 1.54) is 25.7 Å². The minimum absolute atomic E-state index is 0.653. The molecule has 1 atom stereocenters. The maximum absolute atomic E-state index is 4.35. The highest BCUT2D eigenvalue weighted by atomic mass is 79.9. The van der Waals surface area contributed by atoms with E-state index in [9.17, 15) is 0 Å². The highest BCUT2D eigenvalue weighted by Gasteiger charge is 2.21. The topological polar surface area (TPSA) is 29.0 Å². The van der Waals surface area contributed by atoms with E-state index in [4.69, 9.17) is 0 Å². The summed E-state index contributed by atoms with van der Waals surface area (Å²) < 4.78 is 0.868. The minimum Gasteiger partial charge on any atom is -0.354 e. The fourth-order valence-electron chi connectivity index (χ4n) is 2.21. The van der Waals surface area contributed by atoms with E-state index in [0.29, 0.717) is 6.04 Å². The lowest BCUT2D eigenvalue weighted by Crippen LogP contribution is -2.39. The predicted octanol–water partition coefficient (Wildman–Crippen LogP) is 3.01. The lowest BCUT2D eigenvalue weighted by molar-refractivity contribution is 0.446. The van der Waals surface area contributed by atoms with Gasteiger partial charge in [0.2, 0.25) is 0 Å². The molecule has 0 aromatic carbocycles. The summed E-state index contributed by atoms with van der Waals surface area (Å²) in [4.78, 5) is 10.8. The van der Waals surface area contributed by atoms with Crippen LogP contribution in [0.25, 0.3) is 0 Å². The predicted molar refractivity (Wildman–Crippen MR) is 65.0 cm³/mol. The number of hydrogen-bond donors (Lipinski definition) is 0. The number of rotatable bonds is 2. The van der Waals surface area contributed by atoms with Crippen molar-refractivity contribution in [1.29, 1.82) is 0 Å². The van der Waals surface area contributed by atoms with E-state index >= 15 is 0 Å². The molecule has 0 radical (unpaired) electrons. The van der Waals surface area contributed by atoms with Crippen LogP contribution in [0.4, 0.5) is 5.82 Å². The molecule has 1 aliphatic heterocycles. The van der Waals surface area contributed by atoms with Gasteiger partial charge < -0.3 is 4.90 Å². The molecule has 1 fully saturated rings. The van der Waals surface area contributed by atoms with Crippen molar-refractivity contribution in [3.05, 3.63) is 17.0 Å². The molecule has 1 saturated heterocycles. The first-order valence-electron chi connectivity index (χ1n) is 5.55.